The summed E-state index contributed by atoms with van der Waals surface area (Å²) in [5.41, 5.74) is 0. The summed E-state index contributed by atoms with van der Waals surface area (Å²) >= 11 is 1.77. The van der Waals surface area contributed by atoms with Crippen molar-refractivity contribution < 1.29 is 0 Å². The first-order valence-electron chi connectivity index (χ1n) is 5.42. The summed E-state index contributed by atoms with van der Waals surface area (Å²) in [4.78, 5) is 2.20. The molecule has 0 saturated carbocycles. The Balaban J connectivity index is 2.89. The third-order valence-corrected chi connectivity index (χ3v) is 3.98. The maximum absolute atomic E-state index is 7.61. The Morgan fingerprint density at radius 2 is 2.29 bits per heavy atom. The van der Waals surface area contributed by atoms with Crippen molar-refractivity contribution >= 4 is 17.6 Å². The lowest BCUT2D eigenvalue weighted by molar-refractivity contribution is 0.187. The number of azo groups is 1. The molecule has 0 spiro atoms. The van der Waals surface area contributed by atoms with E-state index in [0.29, 0.717) is 6.67 Å². The monoisotopic (exact) mass is 253 g/mol. The van der Waals surface area contributed by atoms with Crippen molar-refractivity contribution in [1.29, 1.82) is 5.41 Å². The van der Waals surface area contributed by atoms with Gasteiger partial charge in [-0.3, -0.25) is 10.3 Å². The lowest BCUT2D eigenvalue weighted by Crippen LogP contribution is -2.50. The van der Waals surface area contributed by atoms with Gasteiger partial charge < -0.3 is 5.32 Å². The van der Waals surface area contributed by atoms with E-state index in [1.54, 1.807) is 18.8 Å². The molecular formula is C11H19N5S. The molecule has 2 N–H and O–H groups in total. The minimum Gasteiger partial charge on any atom is -0.351 e. The van der Waals surface area contributed by atoms with E-state index in [9.17, 15) is 0 Å². The number of hydrogen-bond acceptors (Lipinski definition) is 5. The third-order valence-electron chi connectivity index (χ3n) is 2.72. The summed E-state index contributed by atoms with van der Waals surface area (Å²) in [5, 5.41) is 18.5. The second-order valence-corrected chi connectivity index (χ2v) is 5.59. The molecule has 0 aromatic rings. The SMILES string of the molecule is C/N=N\C1C#CC(=N)NCN(C(C)(C)SC)C1. The summed E-state index contributed by atoms with van der Waals surface area (Å²) in [6, 6.07) is -0.158. The van der Waals surface area contributed by atoms with E-state index in [1.807, 2.05) is 0 Å². The van der Waals surface area contributed by atoms with E-state index in [1.165, 1.54) is 0 Å². The molecule has 1 rings (SSSR count). The maximum Gasteiger partial charge on any atom is 0.172 e. The first-order valence-corrected chi connectivity index (χ1v) is 6.65. The molecule has 0 fully saturated rings. The van der Waals surface area contributed by atoms with E-state index in [0.717, 1.165) is 6.54 Å². The average Bonchev–Trinajstić information content (AvgIpc) is 2.28. The second kappa shape index (κ2) is 6.03. The lowest BCUT2D eigenvalue weighted by atomic mass is 10.2. The van der Waals surface area contributed by atoms with Gasteiger partial charge in [0.15, 0.2) is 5.84 Å². The molecule has 6 heteroatoms. The topological polar surface area (TPSA) is 63.8 Å². The zero-order chi connectivity index (χ0) is 12.9. The van der Waals surface area contributed by atoms with E-state index in [4.69, 9.17) is 5.41 Å². The Bertz CT molecular complexity index is 366. The van der Waals surface area contributed by atoms with Crippen molar-refractivity contribution in [2.75, 3.05) is 26.5 Å². The average molecular weight is 253 g/mol. The highest BCUT2D eigenvalue weighted by molar-refractivity contribution is 7.99. The molecular weight excluding hydrogens is 234 g/mol. The molecule has 0 amide bonds. The minimum atomic E-state index is -0.158. The number of nitrogens with one attached hydrogen (secondary N) is 2. The summed E-state index contributed by atoms with van der Waals surface area (Å²) in [5.74, 6) is 5.93. The smallest absolute Gasteiger partial charge is 0.172 e. The van der Waals surface area contributed by atoms with Crippen molar-refractivity contribution in [1.82, 2.24) is 10.2 Å². The molecule has 0 bridgehead atoms. The third kappa shape index (κ3) is 4.02. The Morgan fingerprint density at radius 3 is 2.88 bits per heavy atom. The molecule has 94 valence electrons. The standard InChI is InChI=1S/C11H19N5S/c1-11(2,17-4)16-7-9(15-13-3)5-6-10(12)14-8-16/h9H,7-8H2,1-4H3,(H2,12,14)/b15-13-. The molecule has 0 aromatic carbocycles. The van der Waals surface area contributed by atoms with Crippen molar-refractivity contribution in [3.63, 3.8) is 0 Å². The molecule has 5 nitrogen and oxygen atoms in total. The molecule has 1 unspecified atom stereocenters. The Hall–Kier alpha value is -1.06. The number of nitrogens with zero attached hydrogens (tertiary/aromatic N) is 3. The van der Waals surface area contributed by atoms with Gasteiger partial charge in [-0.2, -0.15) is 10.2 Å². The van der Waals surface area contributed by atoms with Gasteiger partial charge in [0.05, 0.1) is 11.5 Å². The normalized spacial score (nSPS) is 22.6. The van der Waals surface area contributed by atoms with E-state index in [2.05, 4.69) is 52.4 Å². The van der Waals surface area contributed by atoms with E-state index in [-0.39, 0.29) is 16.7 Å². The van der Waals surface area contributed by atoms with E-state index >= 15 is 0 Å². The molecule has 0 radical (unpaired) electrons. The van der Waals surface area contributed by atoms with Gasteiger partial charge in [-0.15, -0.1) is 11.8 Å². The summed E-state index contributed by atoms with van der Waals surface area (Å²) in [6.07, 6.45) is 2.08. The van der Waals surface area contributed by atoms with Gasteiger partial charge in [0.1, 0.15) is 6.04 Å². The summed E-state index contributed by atoms with van der Waals surface area (Å²) < 4.78 is 0. The number of rotatable bonds is 3. The highest BCUT2D eigenvalue weighted by Crippen LogP contribution is 2.26. The van der Waals surface area contributed by atoms with Crippen LogP contribution in [-0.2, 0) is 0 Å². The van der Waals surface area contributed by atoms with Crippen LogP contribution in [0.4, 0.5) is 0 Å². The van der Waals surface area contributed by atoms with Gasteiger partial charge in [0.2, 0.25) is 0 Å². The first kappa shape index (κ1) is 14.0. The lowest BCUT2D eigenvalue weighted by Gasteiger charge is -2.38. The zero-order valence-corrected chi connectivity index (χ0v) is 11.6. The fraction of sp³-hybridized carbons (Fsp3) is 0.727. The molecule has 1 aliphatic heterocycles. The number of thioether (sulfide) groups is 1. The van der Waals surface area contributed by atoms with Crippen LogP contribution < -0.4 is 5.32 Å². The van der Waals surface area contributed by atoms with Crippen LogP contribution in [0.15, 0.2) is 10.2 Å². The van der Waals surface area contributed by atoms with Gasteiger partial charge in [-0.1, -0.05) is 5.92 Å². The minimum absolute atomic E-state index is 0.0200. The highest BCUT2D eigenvalue weighted by atomic mass is 32.2. The molecule has 1 aliphatic rings. The summed E-state index contributed by atoms with van der Waals surface area (Å²) in [6.45, 7) is 5.63. The van der Waals surface area contributed by atoms with E-state index < -0.39 is 0 Å². The Morgan fingerprint density at radius 1 is 1.59 bits per heavy atom. The van der Waals surface area contributed by atoms with Gasteiger partial charge in [-0.25, -0.2) is 0 Å². The highest BCUT2D eigenvalue weighted by Gasteiger charge is 2.28. The van der Waals surface area contributed by atoms with Gasteiger partial charge in [0, 0.05) is 13.6 Å². The molecule has 0 aliphatic carbocycles. The fourth-order valence-corrected chi connectivity index (χ4v) is 1.83. The molecule has 1 heterocycles. The fourth-order valence-electron chi connectivity index (χ4n) is 1.44. The van der Waals surface area contributed by atoms with Gasteiger partial charge >= 0.3 is 0 Å². The van der Waals surface area contributed by atoms with Crippen LogP contribution in [0.5, 0.6) is 0 Å². The molecule has 17 heavy (non-hydrogen) atoms. The van der Waals surface area contributed by atoms with Crippen LogP contribution >= 0.6 is 11.8 Å². The molecule has 1 atom stereocenters. The van der Waals surface area contributed by atoms with Crippen LogP contribution in [0, 0.1) is 17.3 Å². The van der Waals surface area contributed by atoms with Crippen LogP contribution in [0.25, 0.3) is 0 Å². The van der Waals surface area contributed by atoms with Crippen LogP contribution in [0.2, 0.25) is 0 Å². The van der Waals surface area contributed by atoms with Crippen molar-refractivity contribution in [2.45, 2.75) is 24.8 Å². The molecule has 0 saturated heterocycles. The first-order chi connectivity index (χ1) is 7.99. The van der Waals surface area contributed by atoms with Crippen LogP contribution in [-0.4, -0.2) is 48.2 Å². The van der Waals surface area contributed by atoms with Crippen LogP contribution in [0.1, 0.15) is 13.8 Å². The number of amidine groups is 1. The van der Waals surface area contributed by atoms with Crippen molar-refractivity contribution in [3.05, 3.63) is 0 Å². The Labute approximate surface area is 107 Å². The Kier molecular flexibility index (Phi) is 4.97. The summed E-state index contributed by atoms with van der Waals surface area (Å²) in [7, 11) is 1.65. The second-order valence-electron chi connectivity index (χ2n) is 4.18. The number of hydrogen-bond donors (Lipinski definition) is 2. The van der Waals surface area contributed by atoms with Crippen molar-refractivity contribution in [3.8, 4) is 11.8 Å². The van der Waals surface area contributed by atoms with Crippen LogP contribution in [0.3, 0.4) is 0 Å². The van der Waals surface area contributed by atoms with Crippen molar-refractivity contribution in [2.24, 2.45) is 10.2 Å². The predicted octanol–water partition coefficient (Wildman–Crippen LogP) is 1.38. The predicted molar refractivity (Wildman–Crippen MR) is 72.4 cm³/mol. The van der Waals surface area contributed by atoms with Gasteiger partial charge in [0.25, 0.3) is 0 Å². The largest absolute Gasteiger partial charge is 0.351 e. The molecule has 0 aromatic heterocycles. The van der Waals surface area contributed by atoms with Gasteiger partial charge in [-0.05, 0) is 26.0 Å². The quantitative estimate of drug-likeness (QED) is 0.590. The maximum atomic E-state index is 7.61. The zero-order valence-electron chi connectivity index (χ0n) is 10.7.